The number of hydrogen-bond donors (Lipinski definition) is 1. The first-order valence-corrected chi connectivity index (χ1v) is 9.12. The van der Waals surface area contributed by atoms with Crippen molar-refractivity contribution >= 4 is 15.9 Å². The summed E-state index contributed by atoms with van der Waals surface area (Å²) in [7, 11) is -3.81. The van der Waals surface area contributed by atoms with Gasteiger partial charge in [-0.15, -0.1) is 0 Å². The number of nitrogens with zero attached hydrogens (tertiary/aromatic N) is 2. The van der Waals surface area contributed by atoms with Crippen LogP contribution in [0.1, 0.15) is 6.92 Å². The first-order valence-electron chi connectivity index (χ1n) is 7.68. The average Bonchev–Trinajstić information content (AvgIpc) is 2.73. The van der Waals surface area contributed by atoms with Crippen LogP contribution in [0.3, 0.4) is 0 Å². The summed E-state index contributed by atoms with van der Waals surface area (Å²) >= 11 is 0. The zero-order chi connectivity index (χ0) is 16.6. The summed E-state index contributed by atoms with van der Waals surface area (Å²) in [6, 6.07) is 4.73. The Morgan fingerprint density at radius 1 is 1.26 bits per heavy atom. The fraction of sp³-hybridized carbons (Fsp3) is 0.533. The molecule has 2 saturated heterocycles. The molecule has 3 rings (SSSR count). The summed E-state index contributed by atoms with van der Waals surface area (Å²) in [5.74, 6) is -1.11. The molecule has 23 heavy (non-hydrogen) atoms. The van der Waals surface area contributed by atoms with E-state index in [0.717, 1.165) is 12.6 Å². The van der Waals surface area contributed by atoms with E-state index in [2.05, 4.69) is 10.2 Å². The first kappa shape index (κ1) is 16.4. The maximum absolute atomic E-state index is 13.4. The molecule has 0 aliphatic carbocycles. The molecule has 2 atom stereocenters. The summed E-state index contributed by atoms with van der Waals surface area (Å²) in [6.07, 6.45) is 0. The predicted molar refractivity (Wildman–Crippen MR) is 82.7 cm³/mol. The van der Waals surface area contributed by atoms with Crippen molar-refractivity contribution in [3.63, 3.8) is 0 Å². The lowest BCUT2D eigenvalue weighted by molar-refractivity contribution is -0.124. The molecule has 0 spiro atoms. The number of amides is 1. The Morgan fingerprint density at radius 3 is 2.74 bits per heavy atom. The van der Waals surface area contributed by atoms with Gasteiger partial charge in [-0.1, -0.05) is 13.0 Å². The van der Waals surface area contributed by atoms with Gasteiger partial charge in [0.15, 0.2) is 0 Å². The number of nitrogens with one attached hydrogen (secondary N) is 1. The number of sulfonamides is 1. The second kappa shape index (κ2) is 6.18. The molecule has 2 bridgehead atoms. The number of halogens is 1. The van der Waals surface area contributed by atoms with Crippen molar-refractivity contribution < 1.29 is 17.6 Å². The Balaban J connectivity index is 1.91. The second-order valence-electron chi connectivity index (χ2n) is 6.03. The predicted octanol–water partition coefficient (Wildman–Crippen LogP) is 0.267. The van der Waals surface area contributed by atoms with Crippen LogP contribution in [0.2, 0.25) is 0 Å². The number of carbonyl (C=O) groups is 1. The minimum Gasteiger partial charge on any atom is -0.350 e. The molecule has 0 saturated carbocycles. The van der Waals surface area contributed by atoms with Crippen molar-refractivity contribution in [3.05, 3.63) is 30.1 Å². The van der Waals surface area contributed by atoms with Crippen molar-refractivity contribution in [1.29, 1.82) is 0 Å². The van der Waals surface area contributed by atoms with Gasteiger partial charge in [-0.25, -0.2) is 12.8 Å². The summed E-state index contributed by atoms with van der Waals surface area (Å²) < 4.78 is 40.3. The number of likely N-dealkylation sites (N-methyl/N-ethyl adjacent to an activating group) is 1. The van der Waals surface area contributed by atoms with Gasteiger partial charge >= 0.3 is 0 Å². The summed E-state index contributed by atoms with van der Waals surface area (Å²) in [6.45, 7) is 4.32. The van der Waals surface area contributed by atoms with Crippen LogP contribution in [-0.2, 0) is 14.8 Å². The van der Waals surface area contributed by atoms with E-state index in [-0.39, 0.29) is 29.9 Å². The van der Waals surface area contributed by atoms with Gasteiger partial charge in [0.1, 0.15) is 5.82 Å². The lowest BCUT2D eigenvalue weighted by Gasteiger charge is -2.32. The summed E-state index contributed by atoms with van der Waals surface area (Å²) in [5.41, 5.74) is 0. The molecule has 1 aromatic rings. The Bertz CT molecular complexity index is 710. The van der Waals surface area contributed by atoms with Gasteiger partial charge in [-0.2, -0.15) is 4.31 Å². The topological polar surface area (TPSA) is 69.7 Å². The van der Waals surface area contributed by atoms with E-state index >= 15 is 0 Å². The van der Waals surface area contributed by atoms with Gasteiger partial charge in [0.05, 0.1) is 16.9 Å². The molecular weight excluding hydrogens is 321 g/mol. The number of carbonyl (C=O) groups excluding carboxylic acids is 1. The quantitative estimate of drug-likeness (QED) is 0.857. The Labute approximate surface area is 135 Å². The van der Waals surface area contributed by atoms with Gasteiger partial charge < -0.3 is 10.2 Å². The van der Waals surface area contributed by atoms with E-state index < -0.39 is 21.8 Å². The van der Waals surface area contributed by atoms with Crippen LogP contribution in [0, 0.1) is 11.7 Å². The van der Waals surface area contributed by atoms with Crippen molar-refractivity contribution in [1.82, 2.24) is 14.5 Å². The molecule has 2 aliphatic heterocycles. The molecule has 1 aromatic carbocycles. The smallest absolute Gasteiger partial charge is 0.243 e. The molecular formula is C15H20FN3O3S. The second-order valence-corrected chi connectivity index (χ2v) is 7.97. The number of benzene rings is 1. The molecule has 1 amide bonds. The highest BCUT2D eigenvalue weighted by Crippen LogP contribution is 2.23. The largest absolute Gasteiger partial charge is 0.350 e. The minimum absolute atomic E-state index is 0.0720. The number of rotatable bonds is 3. The van der Waals surface area contributed by atoms with Gasteiger partial charge in [-0.05, 0) is 24.7 Å². The molecule has 0 radical (unpaired) electrons. The van der Waals surface area contributed by atoms with E-state index in [4.69, 9.17) is 0 Å². The van der Waals surface area contributed by atoms with Gasteiger partial charge in [0.25, 0.3) is 0 Å². The van der Waals surface area contributed by atoms with Crippen LogP contribution in [0.5, 0.6) is 0 Å². The average molecular weight is 341 g/mol. The molecule has 8 heteroatoms. The van der Waals surface area contributed by atoms with Gasteiger partial charge in [-0.3, -0.25) is 4.79 Å². The third-order valence-electron chi connectivity index (χ3n) is 4.40. The normalized spacial score (nSPS) is 26.6. The highest BCUT2D eigenvalue weighted by atomic mass is 32.2. The van der Waals surface area contributed by atoms with Crippen molar-refractivity contribution in [3.8, 4) is 0 Å². The van der Waals surface area contributed by atoms with Crippen molar-refractivity contribution in [2.24, 2.45) is 5.92 Å². The molecule has 2 heterocycles. The molecule has 2 fully saturated rings. The third-order valence-corrected chi connectivity index (χ3v) is 6.23. The standard InChI is InChI=1S/C15H20FN3O3S/c1-2-18-7-11-8-19(10-13(9-18)17-15(11)20)23(21,22)14-5-3-4-12(16)6-14/h3-6,11,13H,2,7-10H2,1H3,(H,17,20)/t11-,13+/m1/s1. The molecule has 1 N–H and O–H groups in total. The van der Waals surface area contributed by atoms with E-state index in [9.17, 15) is 17.6 Å². The van der Waals surface area contributed by atoms with Crippen LogP contribution in [-0.4, -0.2) is 62.3 Å². The fourth-order valence-corrected chi connectivity index (χ4v) is 4.75. The first-order chi connectivity index (χ1) is 10.9. The van der Waals surface area contributed by atoms with Crippen LogP contribution in [0.4, 0.5) is 4.39 Å². The highest BCUT2D eigenvalue weighted by Gasteiger charge is 2.39. The SMILES string of the molecule is CCN1C[C@H]2CN(S(=O)(=O)c3cccc(F)c3)C[C@@H](C1)C(=O)N2. The van der Waals surface area contributed by atoms with Crippen LogP contribution in [0.15, 0.2) is 29.2 Å². The Hall–Kier alpha value is -1.51. The molecule has 126 valence electrons. The van der Waals surface area contributed by atoms with Crippen LogP contribution in [0.25, 0.3) is 0 Å². The zero-order valence-electron chi connectivity index (χ0n) is 12.9. The van der Waals surface area contributed by atoms with Crippen LogP contribution >= 0.6 is 0 Å². The lowest BCUT2D eigenvalue weighted by atomic mass is 10.1. The number of fused-ring (bicyclic) bond motifs is 3. The van der Waals surface area contributed by atoms with Gasteiger partial charge in [0, 0.05) is 26.2 Å². The van der Waals surface area contributed by atoms with Gasteiger partial charge in [0.2, 0.25) is 15.9 Å². The van der Waals surface area contributed by atoms with Crippen molar-refractivity contribution in [2.45, 2.75) is 17.9 Å². The minimum atomic E-state index is -3.81. The fourth-order valence-electron chi connectivity index (χ4n) is 3.19. The Morgan fingerprint density at radius 2 is 2.04 bits per heavy atom. The zero-order valence-corrected chi connectivity index (χ0v) is 13.7. The Kier molecular flexibility index (Phi) is 4.39. The molecule has 2 aliphatic rings. The maximum Gasteiger partial charge on any atom is 0.243 e. The molecule has 6 nitrogen and oxygen atoms in total. The van der Waals surface area contributed by atoms with Crippen molar-refractivity contribution in [2.75, 3.05) is 32.7 Å². The third kappa shape index (κ3) is 3.24. The van der Waals surface area contributed by atoms with Crippen LogP contribution < -0.4 is 5.32 Å². The lowest BCUT2D eigenvalue weighted by Crippen LogP contribution is -2.48. The highest BCUT2D eigenvalue weighted by molar-refractivity contribution is 7.89. The monoisotopic (exact) mass is 341 g/mol. The summed E-state index contributed by atoms with van der Waals surface area (Å²) in [5, 5.41) is 2.91. The molecule has 0 unspecified atom stereocenters. The van der Waals surface area contributed by atoms with E-state index in [1.54, 1.807) is 0 Å². The number of hydrogen-bond acceptors (Lipinski definition) is 4. The maximum atomic E-state index is 13.4. The van der Waals surface area contributed by atoms with E-state index in [1.165, 1.54) is 22.5 Å². The van der Waals surface area contributed by atoms with E-state index in [0.29, 0.717) is 13.1 Å². The molecule has 0 aromatic heterocycles. The summed E-state index contributed by atoms with van der Waals surface area (Å²) in [4.78, 5) is 14.3. The van der Waals surface area contributed by atoms with E-state index in [1.807, 2.05) is 6.92 Å².